The SMILES string of the molecule is Cc1nc2cc(C(=O)OC(C)C(=O)Nc3cc([N+](=O)[O-])ccc3Cl)ccc2n1-c1ccccc1. The molecule has 3 aromatic carbocycles. The fraction of sp³-hybridized carbons (Fsp3) is 0.125. The molecule has 0 aliphatic heterocycles. The van der Waals surface area contributed by atoms with Crippen molar-refractivity contribution in [2.75, 3.05) is 5.32 Å². The van der Waals surface area contributed by atoms with E-state index in [1.807, 2.05) is 41.8 Å². The average Bonchev–Trinajstić information content (AvgIpc) is 3.15. The Morgan fingerprint density at radius 2 is 1.85 bits per heavy atom. The van der Waals surface area contributed by atoms with Gasteiger partial charge in [-0.2, -0.15) is 0 Å². The Morgan fingerprint density at radius 1 is 1.12 bits per heavy atom. The van der Waals surface area contributed by atoms with Gasteiger partial charge in [-0.15, -0.1) is 0 Å². The number of amides is 1. The third kappa shape index (κ3) is 4.60. The van der Waals surface area contributed by atoms with E-state index in [4.69, 9.17) is 16.3 Å². The predicted octanol–water partition coefficient (Wildman–Crippen LogP) is 5.08. The minimum Gasteiger partial charge on any atom is -0.449 e. The van der Waals surface area contributed by atoms with Crippen molar-refractivity contribution in [2.24, 2.45) is 0 Å². The molecule has 0 saturated heterocycles. The smallest absolute Gasteiger partial charge is 0.338 e. The number of hydrogen-bond acceptors (Lipinski definition) is 6. The number of benzene rings is 3. The summed E-state index contributed by atoms with van der Waals surface area (Å²) in [6, 6.07) is 18.3. The molecule has 0 spiro atoms. The number of nitro groups is 1. The first-order valence-electron chi connectivity index (χ1n) is 10.2. The summed E-state index contributed by atoms with van der Waals surface area (Å²) in [5, 5.41) is 13.5. The zero-order valence-electron chi connectivity index (χ0n) is 18.2. The zero-order valence-corrected chi connectivity index (χ0v) is 18.9. The third-order valence-electron chi connectivity index (χ3n) is 5.14. The number of ether oxygens (including phenoxy) is 1. The lowest BCUT2D eigenvalue weighted by Gasteiger charge is -2.14. The zero-order chi connectivity index (χ0) is 24.4. The van der Waals surface area contributed by atoms with Gasteiger partial charge in [0.25, 0.3) is 11.6 Å². The minimum atomic E-state index is -1.18. The second-order valence-corrected chi connectivity index (χ2v) is 7.90. The van der Waals surface area contributed by atoms with Crippen molar-refractivity contribution < 1.29 is 19.2 Å². The molecule has 0 radical (unpaired) electrons. The largest absolute Gasteiger partial charge is 0.449 e. The first kappa shape index (κ1) is 22.9. The Labute approximate surface area is 199 Å². The van der Waals surface area contributed by atoms with Gasteiger partial charge in [-0.05, 0) is 50.2 Å². The molecule has 172 valence electrons. The summed E-state index contributed by atoms with van der Waals surface area (Å²) in [4.78, 5) is 40.1. The van der Waals surface area contributed by atoms with E-state index in [0.717, 1.165) is 23.1 Å². The van der Waals surface area contributed by atoms with Gasteiger partial charge in [-0.25, -0.2) is 9.78 Å². The van der Waals surface area contributed by atoms with Crippen LogP contribution in [-0.2, 0) is 9.53 Å². The van der Waals surface area contributed by atoms with Crippen LogP contribution in [0.4, 0.5) is 11.4 Å². The van der Waals surface area contributed by atoms with E-state index in [0.29, 0.717) is 5.52 Å². The van der Waals surface area contributed by atoms with Crippen LogP contribution >= 0.6 is 11.6 Å². The molecule has 1 unspecified atom stereocenters. The lowest BCUT2D eigenvalue weighted by atomic mass is 10.2. The lowest BCUT2D eigenvalue weighted by molar-refractivity contribution is -0.384. The summed E-state index contributed by atoms with van der Waals surface area (Å²) in [6.07, 6.45) is -1.18. The number of aryl methyl sites for hydroxylation is 1. The Bertz CT molecular complexity index is 1420. The van der Waals surface area contributed by atoms with Gasteiger partial charge in [0.05, 0.1) is 32.2 Å². The maximum absolute atomic E-state index is 12.7. The molecular formula is C24H19ClN4O5. The number of carbonyl (C=O) groups excluding carboxylic acids is 2. The standard InChI is InChI=1S/C24H19ClN4O5/c1-14(23(30)27-20-13-18(29(32)33)9-10-19(20)25)34-24(31)16-8-11-22-21(12-16)26-15(2)28(22)17-6-4-3-5-7-17/h3-14H,1-2H3,(H,27,30). The Hall–Kier alpha value is -4.24. The van der Waals surface area contributed by atoms with Crippen LogP contribution in [-0.4, -0.2) is 32.5 Å². The van der Waals surface area contributed by atoms with Crippen LogP contribution in [0.5, 0.6) is 0 Å². The average molecular weight is 479 g/mol. The summed E-state index contributed by atoms with van der Waals surface area (Å²) in [7, 11) is 0. The molecule has 10 heteroatoms. The van der Waals surface area contributed by atoms with Gasteiger partial charge < -0.3 is 10.1 Å². The summed E-state index contributed by atoms with van der Waals surface area (Å²) in [5.41, 5.74) is 2.43. The normalized spacial score (nSPS) is 11.7. The van der Waals surface area contributed by atoms with E-state index in [9.17, 15) is 19.7 Å². The van der Waals surface area contributed by atoms with Crippen LogP contribution in [0.15, 0.2) is 66.7 Å². The van der Waals surface area contributed by atoms with Crippen LogP contribution in [0.3, 0.4) is 0 Å². The molecule has 0 bridgehead atoms. The van der Waals surface area contributed by atoms with Gasteiger partial charge in [-0.1, -0.05) is 29.8 Å². The number of imidazole rings is 1. The monoisotopic (exact) mass is 478 g/mol. The number of nitrogens with one attached hydrogen (secondary N) is 1. The van der Waals surface area contributed by atoms with Crippen molar-refractivity contribution in [2.45, 2.75) is 20.0 Å². The molecule has 1 aromatic heterocycles. The number of nitro benzene ring substituents is 1. The summed E-state index contributed by atoms with van der Waals surface area (Å²) in [5.74, 6) is -0.629. The first-order chi connectivity index (χ1) is 16.2. The van der Waals surface area contributed by atoms with E-state index < -0.39 is 22.9 Å². The van der Waals surface area contributed by atoms with Gasteiger partial charge in [0.2, 0.25) is 0 Å². The highest BCUT2D eigenvalue weighted by Gasteiger charge is 2.22. The number of esters is 1. The molecule has 0 saturated carbocycles. The fourth-order valence-electron chi connectivity index (χ4n) is 3.47. The van der Waals surface area contributed by atoms with Crippen molar-refractivity contribution in [3.05, 3.63) is 93.3 Å². The second-order valence-electron chi connectivity index (χ2n) is 7.49. The summed E-state index contributed by atoms with van der Waals surface area (Å²) < 4.78 is 7.27. The number of anilines is 1. The first-order valence-corrected chi connectivity index (χ1v) is 10.6. The van der Waals surface area contributed by atoms with Crippen LogP contribution in [0.1, 0.15) is 23.1 Å². The van der Waals surface area contributed by atoms with Gasteiger partial charge in [0.1, 0.15) is 5.82 Å². The van der Waals surface area contributed by atoms with Gasteiger partial charge in [0.15, 0.2) is 6.10 Å². The molecular weight excluding hydrogens is 460 g/mol. The van der Waals surface area contributed by atoms with Gasteiger partial charge >= 0.3 is 5.97 Å². The third-order valence-corrected chi connectivity index (χ3v) is 5.47. The number of hydrogen-bond donors (Lipinski definition) is 1. The molecule has 34 heavy (non-hydrogen) atoms. The van der Waals surface area contributed by atoms with Gasteiger partial charge in [-0.3, -0.25) is 19.5 Å². The molecule has 1 amide bonds. The predicted molar refractivity (Wildman–Crippen MR) is 127 cm³/mol. The second kappa shape index (κ2) is 9.32. The maximum atomic E-state index is 12.7. The summed E-state index contributed by atoms with van der Waals surface area (Å²) >= 11 is 6.01. The van der Waals surface area contributed by atoms with Crippen molar-refractivity contribution in [1.82, 2.24) is 9.55 Å². The Kier molecular flexibility index (Phi) is 6.29. The lowest BCUT2D eigenvalue weighted by Crippen LogP contribution is -2.30. The molecule has 9 nitrogen and oxygen atoms in total. The highest BCUT2D eigenvalue weighted by molar-refractivity contribution is 6.33. The number of aromatic nitrogens is 2. The van der Waals surface area contributed by atoms with E-state index in [-0.39, 0.29) is 22.0 Å². The molecule has 1 heterocycles. The van der Waals surface area contributed by atoms with Gasteiger partial charge in [0, 0.05) is 17.8 Å². The van der Waals surface area contributed by atoms with E-state index in [1.165, 1.54) is 19.1 Å². The topological polar surface area (TPSA) is 116 Å². The van der Waals surface area contributed by atoms with Crippen LogP contribution < -0.4 is 5.32 Å². The highest BCUT2D eigenvalue weighted by atomic mass is 35.5. The van der Waals surface area contributed by atoms with Crippen LogP contribution in [0.25, 0.3) is 16.7 Å². The molecule has 1 atom stereocenters. The fourth-order valence-corrected chi connectivity index (χ4v) is 3.63. The molecule has 0 aliphatic rings. The number of halogens is 1. The molecule has 4 aromatic rings. The Morgan fingerprint density at radius 3 is 2.56 bits per heavy atom. The van der Waals surface area contributed by atoms with Crippen LogP contribution in [0.2, 0.25) is 5.02 Å². The minimum absolute atomic E-state index is 0.0483. The number of fused-ring (bicyclic) bond motifs is 1. The number of non-ortho nitro benzene ring substituents is 1. The van der Waals surface area contributed by atoms with E-state index in [2.05, 4.69) is 10.3 Å². The van der Waals surface area contributed by atoms with Crippen molar-refractivity contribution in [3.63, 3.8) is 0 Å². The van der Waals surface area contributed by atoms with Crippen molar-refractivity contribution in [3.8, 4) is 5.69 Å². The number of nitrogens with zero attached hydrogens (tertiary/aromatic N) is 3. The quantitative estimate of drug-likeness (QED) is 0.234. The van der Waals surface area contributed by atoms with E-state index in [1.54, 1.807) is 18.2 Å². The number of carbonyl (C=O) groups is 2. The van der Waals surface area contributed by atoms with Crippen molar-refractivity contribution in [1.29, 1.82) is 0 Å². The van der Waals surface area contributed by atoms with E-state index >= 15 is 0 Å². The van der Waals surface area contributed by atoms with Crippen molar-refractivity contribution >= 4 is 45.9 Å². The number of para-hydroxylation sites is 1. The highest BCUT2D eigenvalue weighted by Crippen LogP contribution is 2.27. The Balaban J connectivity index is 1.50. The molecule has 1 N–H and O–H groups in total. The number of rotatable bonds is 6. The molecule has 0 aliphatic carbocycles. The molecule has 4 rings (SSSR count). The van der Waals surface area contributed by atoms with Crippen LogP contribution in [0, 0.1) is 17.0 Å². The summed E-state index contributed by atoms with van der Waals surface area (Å²) in [6.45, 7) is 3.27. The molecule has 0 fully saturated rings. The maximum Gasteiger partial charge on any atom is 0.338 e.